The van der Waals surface area contributed by atoms with Gasteiger partial charge in [0, 0.05) is 11.4 Å². The highest BCUT2D eigenvalue weighted by Crippen LogP contribution is 2.23. The summed E-state index contributed by atoms with van der Waals surface area (Å²) >= 11 is 5.92. The lowest BCUT2D eigenvalue weighted by atomic mass is 10.4. The largest absolute Gasteiger partial charge is 0.392 e. The molecule has 4 nitrogen and oxygen atoms in total. The lowest BCUT2D eigenvalue weighted by Crippen LogP contribution is -2.21. The molecule has 2 rings (SSSR count). The summed E-state index contributed by atoms with van der Waals surface area (Å²) in [6, 6.07) is 5.23. The van der Waals surface area contributed by atoms with Crippen molar-refractivity contribution in [1.82, 2.24) is 4.72 Å². The van der Waals surface area contributed by atoms with Gasteiger partial charge in [-0.3, -0.25) is 0 Å². The minimum atomic E-state index is -3.49. The first kappa shape index (κ1) is 14.2. The van der Waals surface area contributed by atoms with Crippen LogP contribution in [0.3, 0.4) is 0 Å². The number of thiophene rings is 2. The number of hydrogen-bond acceptors (Lipinski definition) is 5. The molecule has 0 aliphatic rings. The summed E-state index contributed by atoms with van der Waals surface area (Å²) in [4.78, 5) is 0.935. The van der Waals surface area contributed by atoms with Crippen LogP contribution in [0, 0.1) is 0 Å². The van der Waals surface area contributed by atoms with E-state index in [0.29, 0.717) is 5.56 Å². The molecule has 0 fully saturated rings. The summed E-state index contributed by atoms with van der Waals surface area (Å²) < 4.78 is 27.6. The highest BCUT2D eigenvalue weighted by molar-refractivity contribution is 9.11. The van der Waals surface area contributed by atoms with E-state index in [0.717, 1.165) is 20.0 Å². The Hall–Kier alpha value is -0.250. The second-order valence-corrected chi connectivity index (χ2v) is 8.92. The smallest absolute Gasteiger partial charge is 0.250 e. The first-order valence-electron chi connectivity index (χ1n) is 4.93. The summed E-state index contributed by atoms with van der Waals surface area (Å²) in [5.41, 5.74) is 0.610. The maximum Gasteiger partial charge on any atom is 0.250 e. The van der Waals surface area contributed by atoms with Crippen LogP contribution in [-0.2, 0) is 23.2 Å². The second kappa shape index (κ2) is 5.81. The van der Waals surface area contributed by atoms with Crippen molar-refractivity contribution >= 4 is 48.6 Å². The normalized spacial score (nSPS) is 11.9. The van der Waals surface area contributed by atoms with E-state index in [9.17, 15) is 8.42 Å². The van der Waals surface area contributed by atoms with Gasteiger partial charge in [0.2, 0.25) is 10.0 Å². The molecule has 0 aliphatic heterocycles. The molecule has 0 aromatic carbocycles. The van der Waals surface area contributed by atoms with Gasteiger partial charge in [-0.25, -0.2) is 13.1 Å². The van der Waals surface area contributed by atoms with Crippen LogP contribution >= 0.6 is 38.6 Å². The Labute approximate surface area is 121 Å². The molecule has 2 aromatic heterocycles. The zero-order valence-electron chi connectivity index (χ0n) is 9.09. The van der Waals surface area contributed by atoms with Crippen LogP contribution in [0.15, 0.2) is 31.6 Å². The van der Waals surface area contributed by atoms with Crippen LogP contribution in [0.25, 0.3) is 0 Å². The molecule has 0 atom stereocenters. The fraction of sp³-hybridized carbons (Fsp3) is 0.200. The van der Waals surface area contributed by atoms with Gasteiger partial charge in [0.1, 0.15) is 4.21 Å². The van der Waals surface area contributed by atoms with Crippen molar-refractivity contribution in [3.8, 4) is 0 Å². The number of nitrogens with one attached hydrogen (secondary N) is 1. The first-order valence-corrected chi connectivity index (χ1v) is 8.90. The molecule has 0 saturated carbocycles. The van der Waals surface area contributed by atoms with Gasteiger partial charge in [-0.1, -0.05) is 0 Å². The van der Waals surface area contributed by atoms with Crippen molar-refractivity contribution in [2.45, 2.75) is 17.4 Å². The van der Waals surface area contributed by atoms with Crippen LogP contribution in [0.1, 0.15) is 10.4 Å². The van der Waals surface area contributed by atoms with E-state index in [4.69, 9.17) is 5.11 Å². The highest BCUT2D eigenvalue weighted by atomic mass is 79.9. The van der Waals surface area contributed by atoms with E-state index in [-0.39, 0.29) is 17.4 Å². The van der Waals surface area contributed by atoms with Crippen LogP contribution in [0.4, 0.5) is 0 Å². The SMILES string of the molecule is O=S(=O)(NCc1ccc(Br)s1)c1cc(CO)cs1. The van der Waals surface area contributed by atoms with Crippen molar-refractivity contribution in [3.05, 3.63) is 37.8 Å². The van der Waals surface area contributed by atoms with Crippen molar-refractivity contribution < 1.29 is 13.5 Å². The third-order valence-corrected chi connectivity index (χ3v) is 6.66. The first-order chi connectivity index (χ1) is 8.51. The summed E-state index contributed by atoms with van der Waals surface area (Å²) in [5.74, 6) is 0. The molecule has 18 heavy (non-hydrogen) atoms. The van der Waals surface area contributed by atoms with Gasteiger partial charge in [0.15, 0.2) is 0 Å². The number of aliphatic hydroxyl groups is 1. The van der Waals surface area contributed by atoms with Crippen LogP contribution < -0.4 is 4.72 Å². The Balaban J connectivity index is 2.07. The Kier molecular flexibility index (Phi) is 4.57. The number of rotatable bonds is 5. The van der Waals surface area contributed by atoms with Crippen molar-refractivity contribution in [3.63, 3.8) is 0 Å². The molecular formula is C10H10BrNO3S3. The van der Waals surface area contributed by atoms with Gasteiger partial charge in [-0.2, -0.15) is 0 Å². The summed E-state index contributed by atoms with van der Waals surface area (Å²) in [6.07, 6.45) is 0. The maximum absolute atomic E-state index is 12.0. The third kappa shape index (κ3) is 3.40. The average molecular weight is 368 g/mol. The Morgan fingerprint density at radius 2 is 2.17 bits per heavy atom. The molecule has 0 radical (unpaired) electrons. The zero-order valence-corrected chi connectivity index (χ0v) is 13.1. The van der Waals surface area contributed by atoms with Gasteiger partial charge in [0.25, 0.3) is 0 Å². The van der Waals surface area contributed by atoms with E-state index in [1.807, 2.05) is 12.1 Å². The molecular weight excluding hydrogens is 358 g/mol. The average Bonchev–Trinajstić information content (AvgIpc) is 2.95. The molecule has 0 spiro atoms. The fourth-order valence-electron chi connectivity index (χ4n) is 1.26. The van der Waals surface area contributed by atoms with E-state index in [1.165, 1.54) is 17.4 Å². The standard InChI is InChI=1S/C10H10BrNO3S3/c11-9-2-1-8(17-9)4-12-18(14,15)10-3-7(5-13)6-16-10/h1-3,6,12-13H,4-5H2. The van der Waals surface area contributed by atoms with Crippen LogP contribution in [-0.4, -0.2) is 13.5 Å². The predicted octanol–water partition coefficient (Wildman–Crippen LogP) is 2.54. The van der Waals surface area contributed by atoms with Crippen LogP contribution in [0.2, 0.25) is 0 Å². The minimum Gasteiger partial charge on any atom is -0.392 e. The number of sulfonamides is 1. The van der Waals surface area contributed by atoms with Crippen molar-refractivity contribution in [2.24, 2.45) is 0 Å². The van der Waals surface area contributed by atoms with Gasteiger partial charge in [-0.15, -0.1) is 22.7 Å². The van der Waals surface area contributed by atoms with Gasteiger partial charge < -0.3 is 5.11 Å². The third-order valence-electron chi connectivity index (χ3n) is 2.14. The molecule has 0 bridgehead atoms. The van der Waals surface area contributed by atoms with E-state index < -0.39 is 10.0 Å². The van der Waals surface area contributed by atoms with Crippen molar-refractivity contribution in [2.75, 3.05) is 0 Å². The van der Waals surface area contributed by atoms with Crippen LogP contribution in [0.5, 0.6) is 0 Å². The molecule has 0 aliphatic carbocycles. The van der Waals surface area contributed by atoms with Crippen molar-refractivity contribution in [1.29, 1.82) is 0 Å². The molecule has 8 heteroatoms. The summed E-state index contributed by atoms with van der Waals surface area (Å²) in [6.45, 7) is 0.120. The second-order valence-electron chi connectivity index (χ2n) is 3.46. The highest BCUT2D eigenvalue weighted by Gasteiger charge is 2.16. The quantitative estimate of drug-likeness (QED) is 0.853. The summed E-state index contributed by atoms with van der Waals surface area (Å²) in [7, 11) is -3.49. The maximum atomic E-state index is 12.0. The Morgan fingerprint density at radius 1 is 1.39 bits per heavy atom. The van der Waals surface area contributed by atoms with Gasteiger partial charge in [0.05, 0.1) is 10.4 Å². The van der Waals surface area contributed by atoms with E-state index >= 15 is 0 Å². The molecule has 2 aromatic rings. The van der Waals surface area contributed by atoms with E-state index in [2.05, 4.69) is 20.7 Å². The minimum absolute atomic E-state index is 0.149. The number of aliphatic hydroxyl groups excluding tert-OH is 1. The molecule has 0 amide bonds. The fourth-order valence-corrected chi connectivity index (χ4v) is 5.03. The Bertz CT molecular complexity index is 632. The topological polar surface area (TPSA) is 66.4 Å². The molecule has 2 N–H and O–H groups in total. The Morgan fingerprint density at radius 3 is 2.72 bits per heavy atom. The predicted molar refractivity (Wildman–Crippen MR) is 76.3 cm³/mol. The molecule has 2 heterocycles. The molecule has 98 valence electrons. The summed E-state index contributed by atoms with van der Waals surface area (Å²) in [5, 5.41) is 10.6. The zero-order chi connectivity index (χ0) is 13.2. The van der Waals surface area contributed by atoms with Gasteiger partial charge in [-0.05, 0) is 45.1 Å². The molecule has 0 saturated heterocycles. The lowest BCUT2D eigenvalue weighted by Gasteiger charge is -2.02. The number of hydrogen-bond donors (Lipinski definition) is 2. The monoisotopic (exact) mass is 367 g/mol. The lowest BCUT2D eigenvalue weighted by molar-refractivity contribution is 0.282. The van der Waals surface area contributed by atoms with E-state index in [1.54, 1.807) is 5.38 Å². The molecule has 0 unspecified atom stereocenters. The van der Waals surface area contributed by atoms with Gasteiger partial charge >= 0.3 is 0 Å². The number of halogens is 1.